The quantitative estimate of drug-likeness (QED) is 0.427. The summed E-state index contributed by atoms with van der Waals surface area (Å²) < 4.78 is 3.96. The normalized spacial score (nSPS) is 11.0. The van der Waals surface area contributed by atoms with Gasteiger partial charge in [0.1, 0.15) is 11.6 Å². The van der Waals surface area contributed by atoms with Gasteiger partial charge in [-0.05, 0) is 42.5 Å². The van der Waals surface area contributed by atoms with Gasteiger partial charge in [0.05, 0.1) is 11.2 Å². The topological polar surface area (TPSA) is 92.0 Å². The Morgan fingerprint density at radius 2 is 1.50 bits per heavy atom. The third-order valence-corrected chi connectivity index (χ3v) is 4.94. The lowest BCUT2D eigenvalue weighted by molar-refractivity contribution is 0.475. The second-order valence-corrected chi connectivity index (χ2v) is 6.47. The van der Waals surface area contributed by atoms with Crippen LogP contribution in [0, 0.1) is 0 Å². The lowest BCUT2D eigenvalue weighted by Gasteiger charge is -2.09. The van der Waals surface area contributed by atoms with Crippen molar-refractivity contribution in [1.29, 1.82) is 0 Å². The molecule has 0 spiro atoms. The fourth-order valence-corrected chi connectivity index (χ4v) is 3.59. The molecule has 0 saturated heterocycles. The molecule has 28 heavy (non-hydrogen) atoms. The molecule has 2 aromatic heterocycles. The maximum atomic E-state index is 9.51. The highest BCUT2D eigenvalue weighted by Crippen LogP contribution is 2.36. The van der Waals surface area contributed by atoms with Crippen LogP contribution < -0.4 is 16.1 Å². The summed E-state index contributed by atoms with van der Waals surface area (Å²) in [5, 5.41) is 25.9. The highest BCUT2D eigenvalue weighted by Gasteiger charge is 2.18. The molecule has 8 heteroatoms. The van der Waals surface area contributed by atoms with Crippen molar-refractivity contribution in [2.24, 2.45) is 7.05 Å². The highest BCUT2D eigenvalue weighted by molar-refractivity contribution is 6.02. The SMILES string of the molecule is CNc1c(NC)n(NC)c2ccc(-c3nnc(-c4ccc(O)cc4)n3C)cc12. The van der Waals surface area contributed by atoms with Crippen molar-refractivity contribution < 1.29 is 5.11 Å². The zero-order valence-electron chi connectivity index (χ0n) is 16.3. The summed E-state index contributed by atoms with van der Waals surface area (Å²) in [5.74, 6) is 2.70. The standard InChI is InChI=1S/C20H23N7O/c1-21-17-15-11-13(7-10-16(15)27(23-3)20(17)22-2)19-25-24-18(26(19)4)12-5-8-14(28)9-6-12/h5-11,21-23,28H,1-4H3. The zero-order chi connectivity index (χ0) is 19.8. The van der Waals surface area contributed by atoms with Gasteiger partial charge in [0.25, 0.3) is 0 Å². The Morgan fingerprint density at radius 1 is 0.857 bits per heavy atom. The van der Waals surface area contributed by atoms with Gasteiger partial charge in [-0.3, -0.25) is 0 Å². The highest BCUT2D eigenvalue weighted by atomic mass is 16.3. The minimum Gasteiger partial charge on any atom is -0.508 e. The third-order valence-electron chi connectivity index (χ3n) is 4.94. The molecule has 0 atom stereocenters. The minimum absolute atomic E-state index is 0.227. The van der Waals surface area contributed by atoms with Crippen molar-refractivity contribution >= 4 is 22.4 Å². The largest absolute Gasteiger partial charge is 0.508 e. The van der Waals surface area contributed by atoms with E-state index in [4.69, 9.17) is 0 Å². The van der Waals surface area contributed by atoms with E-state index in [2.05, 4.69) is 38.4 Å². The second-order valence-electron chi connectivity index (χ2n) is 6.47. The van der Waals surface area contributed by atoms with Crippen LogP contribution in [0.1, 0.15) is 0 Å². The fraction of sp³-hybridized carbons (Fsp3) is 0.200. The number of aromatic hydroxyl groups is 1. The molecule has 0 bridgehead atoms. The smallest absolute Gasteiger partial charge is 0.163 e. The maximum Gasteiger partial charge on any atom is 0.163 e. The van der Waals surface area contributed by atoms with Gasteiger partial charge in [-0.2, -0.15) is 0 Å². The van der Waals surface area contributed by atoms with E-state index in [9.17, 15) is 5.11 Å². The second kappa shape index (κ2) is 6.80. The number of nitrogens with one attached hydrogen (secondary N) is 3. The first-order valence-corrected chi connectivity index (χ1v) is 9.00. The molecular weight excluding hydrogens is 354 g/mol. The Hall–Kier alpha value is -3.68. The lowest BCUT2D eigenvalue weighted by atomic mass is 10.1. The van der Waals surface area contributed by atoms with Crippen molar-refractivity contribution in [2.45, 2.75) is 0 Å². The predicted octanol–water partition coefficient (Wildman–Crippen LogP) is 3.07. The number of nitrogens with zero attached hydrogens (tertiary/aromatic N) is 4. The van der Waals surface area contributed by atoms with Crippen LogP contribution in [0.3, 0.4) is 0 Å². The first kappa shape index (κ1) is 17.7. The number of phenols is 1. The number of benzene rings is 2. The Bertz CT molecular complexity index is 1140. The van der Waals surface area contributed by atoms with Crippen LogP contribution in [0.15, 0.2) is 42.5 Å². The molecule has 0 aliphatic carbocycles. The zero-order valence-corrected chi connectivity index (χ0v) is 16.3. The summed E-state index contributed by atoms with van der Waals surface area (Å²) in [6, 6.07) is 13.2. The average Bonchev–Trinajstić information content (AvgIpc) is 3.24. The fourth-order valence-electron chi connectivity index (χ4n) is 3.59. The van der Waals surface area contributed by atoms with Crippen molar-refractivity contribution in [2.75, 3.05) is 37.2 Å². The summed E-state index contributed by atoms with van der Waals surface area (Å²) in [6.07, 6.45) is 0. The number of anilines is 2. The molecular formula is C20H23N7O. The van der Waals surface area contributed by atoms with Crippen LogP contribution in [-0.2, 0) is 7.05 Å². The number of fused-ring (bicyclic) bond motifs is 1. The van der Waals surface area contributed by atoms with E-state index in [0.29, 0.717) is 0 Å². The van der Waals surface area contributed by atoms with Crippen LogP contribution >= 0.6 is 0 Å². The van der Waals surface area contributed by atoms with Gasteiger partial charge in [0.2, 0.25) is 0 Å². The third kappa shape index (κ3) is 2.61. The summed E-state index contributed by atoms with van der Waals surface area (Å²) in [4.78, 5) is 0. The van der Waals surface area contributed by atoms with Gasteiger partial charge in [-0.15, -0.1) is 10.2 Å². The molecule has 0 aliphatic heterocycles. The Labute approximate surface area is 162 Å². The summed E-state index contributed by atoms with van der Waals surface area (Å²) in [7, 11) is 7.64. The maximum absolute atomic E-state index is 9.51. The average molecular weight is 377 g/mol. The molecule has 0 aliphatic rings. The number of rotatable bonds is 5. The first-order chi connectivity index (χ1) is 13.6. The molecule has 4 N–H and O–H groups in total. The summed E-state index contributed by atoms with van der Waals surface area (Å²) in [6.45, 7) is 0. The molecule has 4 aromatic rings. The molecule has 0 radical (unpaired) electrons. The molecule has 144 valence electrons. The monoisotopic (exact) mass is 377 g/mol. The van der Waals surface area contributed by atoms with Crippen LogP contribution in [0.2, 0.25) is 0 Å². The van der Waals surface area contributed by atoms with E-state index in [1.54, 1.807) is 12.1 Å². The van der Waals surface area contributed by atoms with Gasteiger partial charge >= 0.3 is 0 Å². The molecule has 8 nitrogen and oxygen atoms in total. The predicted molar refractivity (Wildman–Crippen MR) is 113 cm³/mol. The molecule has 4 rings (SSSR count). The molecule has 0 unspecified atom stereocenters. The van der Waals surface area contributed by atoms with E-state index >= 15 is 0 Å². The Kier molecular flexibility index (Phi) is 4.31. The summed E-state index contributed by atoms with van der Waals surface area (Å²) in [5.41, 5.74) is 7.14. The van der Waals surface area contributed by atoms with Crippen molar-refractivity contribution in [3.63, 3.8) is 0 Å². The van der Waals surface area contributed by atoms with E-state index in [1.165, 1.54) is 0 Å². The van der Waals surface area contributed by atoms with Crippen molar-refractivity contribution in [3.8, 4) is 28.5 Å². The van der Waals surface area contributed by atoms with Crippen LogP contribution in [0.25, 0.3) is 33.7 Å². The summed E-state index contributed by atoms with van der Waals surface area (Å²) >= 11 is 0. The number of hydrogen-bond acceptors (Lipinski definition) is 6. The molecule has 2 heterocycles. The van der Waals surface area contributed by atoms with E-state index in [1.807, 2.05) is 55.6 Å². The Balaban J connectivity index is 1.85. The number of phenolic OH excluding ortho intramolecular Hbond substituents is 1. The molecule has 0 amide bonds. The lowest BCUT2D eigenvalue weighted by Crippen LogP contribution is -2.12. The number of hydrogen-bond donors (Lipinski definition) is 4. The van der Waals surface area contributed by atoms with Crippen molar-refractivity contribution in [3.05, 3.63) is 42.5 Å². The van der Waals surface area contributed by atoms with E-state index in [-0.39, 0.29) is 5.75 Å². The molecule has 0 fully saturated rings. The van der Waals surface area contributed by atoms with Gasteiger partial charge in [-0.25, -0.2) is 4.68 Å². The number of aromatic nitrogens is 4. The van der Waals surface area contributed by atoms with E-state index in [0.717, 1.165) is 45.2 Å². The van der Waals surface area contributed by atoms with Gasteiger partial charge in [0.15, 0.2) is 11.6 Å². The van der Waals surface area contributed by atoms with Gasteiger partial charge in [-0.1, -0.05) is 0 Å². The van der Waals surface area contributed by atoms with Crippen LogP contribution in [0.4, 0.5) is 11.5 Å². The Morgan fingerprint density at radius 3 is 2.11 bits per heavy atom. The van der Waals surface area contributed by atoms with E-state index < -0.39 is 0 Å². The first-order valence-electron chi connectivity index (χ1n) is 9.00. The van der Waals surface area contributed by atoms with Gasteiger partial charge in [0, 0.05) is 44.7 Å². The molecule has 2 aromatic carbocycles. The van der Waals surface area contributed by atoms with Crippen LogP contribution in [-0.4, -0.2) is 45.7 Å². The molecule has 0 saturated carbocycles. The minimum atomic E-state index is 0.227. The van der Waals surface area contributed by atoms with Crippen molar-refractivity contribution in [1.82, 2.24) is 19.4 Å². The van der Waals surface area contributed by atoms with Crippen LogP contribution in [0.5, 0.6) is 5.75 Å². The van der Waals surface area contributed by atoms with Gasteiger partial charge < -0.3 is 25.7 Å².